The molecule has 11 heteroatoms. The van der Waals surface area contributed by atoms with E-state index in [2.05, 4.69) is 5.10 Å². The maximum Gasteiger partial charge on any atom is 0.331 e. The highest BCUT2D eigenvalue weighted by Gasteiger charge is 2.30. The molecule has 0 aliphatic carbocycles. The number of nitrogens with one attached hydrogen (secondary N) is 1. The van der Waals surface area contributed by atoms with Gasteiger partial charge in [0, 0.05) is 0 Å². The normalized spacial score (nSPS) is 19.1. The van der Waals surface area contributed by atoms with Gasteiger partial charge in [-0.2, -0.15) is 5.10 Å². The lowest BCUT2D eigenvalue weighted by molar-refractivity contribution is -0.151. The van der Waals surface area contributed by atoms with Crippen LogP contribution >= 0.6 is 8.60 Å². The fourth-order valence-electron chi connectivity index (χ4n) is 3.65. The zero-order chi connectivity index (χ0) is 24.1. The van der Waals surface area contributed by atoms with Gasteiger partial charge in [0.05, 0.1) is 24.3 Å². The summed E-state index contributed by atoms with van der Waals surface area (Å²) in [5.74, 6) is -0.399. The van der Waals surface area contributed by atoms with Crippen LogP contribution in [0.3, 0.4) is 0 Å². The number of aromatic nitrogens is 3. The summed E-state index contributed by atoms with van der Waals surface area (Å²) in [6.07, 6.45) is 2.68. The Bertz CT molecular complexity index is 1170. The van der Waals surface area contributed by atoms with Gasteiger partial charge in [-0.3, -0.25) is 19.3 Å². The Balaban J connectivity index is 1.34. The highest BCUT2D eigenvalue weighted by Crippen LogP contribution is 2.35. The molecule has 2 aromatic heterocycles. The van der Waals surface area contributed by atoms with Crippen LogP contribution in [0.2, 0.25) is 0 Å². The van der Waals surface area contributed by atoms with Gasteiger partial charge < -0.3 is 18.9 Å². The molecule has 2 N–H and O–H groups in total. The SMILES string of the molecule is CC(C)C(=O)OCC1CCC(c2ccc3c(=N)n(COP(O)OCc4ccccc4)cnn23)O1. The first kappa shape index (κ1) is 24.5. The van der Waals surface area contributed by atoms with Gasteiger partial charge in [0.25, 0.3) is 0 Å². The molecule has 0 spiro atoms. The van der Waals surface area contributed by atoms with Gasteiger partial charge in [0.15, 0.2) is 5.49 Å². The van der Waals surface area contributed by atoms with Crippen molar-refractivity contribution >= 4 is 20.1 Å². The number of hydrogen-bond acceptors (Lipinski definition) is 8. The lowest BCUT2D eigenvalue weighted by atomic mass is 10.1. The fraction of sp³-hybridized carbons (Fsp3) is 0.435. The molecule has 3 unspecified atom stereocenters. The molecule has 3 atom stereocenters. The minimum absolute atomic E-state index is 0.0664. The Morgan fingerprint density at radius 2 is 2.03 bits per heavy atom. The first-order chi connectivity index (χ1) is 16.4. The van der Waals surface area contributed by atoms with Gasteiger partial charge in [-0.25, -0.2) is 4.52 Å². The Hall–Kier alpha value is -2.62. The van der Waals surface area contributed by atoms with Crippen molar-refractivity contribution in [2.75, 3.05) is 6.61 Å². The second-order valence-corrected chi connectivity index (χ2v) is 9.36. The highest BCUT2D eigenvalue weighted by atomic mass is 31.2. The summed E-state index contributed by atoms with van der Waals surface area (Å²) in [4.78, 5) is 21.7. The largest absolute Gasteiger partial charge is 0.463 e. The number of nitrogens with zero attached hydrogens (tertiary/aromatic N) is 3. The van der Waals surface area contributed by atoms with Crippen LogP contribution in [0.25, 0.3) is 5.52 Å². The van der Waals surface area contributed by atoms with Crippen LogP contribution in [-0.4, -0.2) is 37.8 Å². The Labute approximate surface area is 198 Å². The molecule has 0 saturated carbocycles. The van der Waals surface area contributed by atoms with Crippen LogP contribution < -0.4 is 5.49 Å². The number of ether oxygens (including phenoxy) is 2. The summed E-state index contributed by atoms with van der Waals surface area (Å²) in [6, 6.07) is 13.2. The smallest absolute Gasteiger partial charge is 0.331 e. The molecule has 4 rings (SSSR count). The number of carbonyl (C=O) groups is 1. The van der Waals surface area contributed by atoms with Gasteiger partial charge >= 0.3 is 14.6 Å². The van der Waals surface area contributed by atoms with Crippen LogP contribution in [0, 0.1) is 11.3 Å². The van der Waals surface area contributed by atoms with Crippen molar-refractivity contribution in [3.63, 3.8) is 0 Å². The Morgan fingerprint density at radius 3 is 2.79 bits per heavy atom. The average molecular weight is 488 g/mol. The molecule has 34 heavy (non-hydrogen) atoms. The summed E-state index contributed by atoms with van der Waals surface area (Å²) in [5.41, 5.74) is 2.55. The first-order valence-electron chi connectivity index (χ1n) is 11.1. The van der Waals surface area contributed by atoms with E-state index in [-0.39, 0.29) is 49.5 Å². The molecule has 0 radical (unpaired) electrons. The summed E-state index contributed by atoms with van der Waals surface area (Å²) in [5, 5.41) is 12.9. The summed E-state index contributed by atoms with van der Waals surface area (Å²) < 4.78 is 25.3. The lowest BCUT2D eigenvalue weighted by Gasteiger charge is -2.15. The molecule has 0 bridgehead atoms. The topological polar surface area (TPSA) is 120 Å². The second kappa shape index (κ2) is 11.2. The number of hydrogen-bond donors (Lipinski definition) is 2. The molecule has 1 aromatic carbocycles. The van der Waals surface area contributed by atoms with Gasteiger partial charge in [-0.1, -0.05) is 44.2 Å². The Morgan fingerprint density at radius 1 is 1.24 bits per heavy atom. The van der Waals surface area contributed by atoms with Crippen molar-refractivity contribution in [2.24, 2.45) is 5.92 Å². The van der Waals surface area contributed by atoms with E-state index in [0.717, 1.165) is 24.1 Å². The maximum absolute atomic E-state index is 11.7. The van der Waals surface area contributed by atoms with Crippen molar-refractivity contribution in [1.29, 1.82) is 5.41 Å². The van der Waals surface area contributed by atoms with Crippen LogP contribution in [0.4, 0.5) is 0 Å². The van der Waals surface area contributed by atoms with E-state index in [1.54, 1.807) is 18.4 Å². The van der Waals surface area contributed by atoms with Crippen LogP contribution in [0.15, 0.2) is 48.8 Å². The third kappa shape index (κ3) is 5.89. The minimum atomic E-state index is -2.10. The number of benzene rings is 1. The maximum atomic E-state index is 11.7. The van der Waals surface area contributed by atoms with E-state index in [4.69, 9.17) is 23.9 Å². The molecule has 1 fully saturated rings. The number of carbonyl (C=O) groups excluding carboxylic acids is 1. The minimum Gasteiger partial charge on any atom is -0.463 e. The lowest BCUT2D eigenvalue weighted by Crippen LogP contribution is -2.24. The molecule has 1 aliphatic rings. The number of rotatable bonds is 10. The van der Waals surface area contributed by atoms with Crippen LogP contribution in [-0.2, 0) is 36.7 Å². The number of esters is 1. The van der Waals surface area contributed by atoms with Crippen molar-refractivity contribution < 1.29 is 28.2 Å². The zero-order valence-electron chi connectivity index (χ0n) is 19.2. The summed E-state index contributed by atoms with van der Waals surface area (Å²) >= 11 is 0. The molecule has 1 aliphatic heterocycles. The predicted octanol–water partition coefficient (Wildman–Crippen LogP) is 3.44. The second-order valence-electron chi connectivity index (χ2n) is 8.37. The van der Waals surface area contributed by atoms with E-state index in [0.29, 0.717) is 5.52 Å². The van der Waals surface area contributed by atoms with Crippen molar-refractivity contribution in [3.8, 4) is 0 Å². The predicted molar refractivity (Wildman–Crippen MR) is 123 cm³/mol. The van der Waals surface area contributed by atoms with E-state index in [9.17, 15) is 9.69 Å². The fourth-order valence-corrected chi connectivity index (χ4v) is 4.21. The van der Waals surface area contributed by atoms with Crippen LogP contribution in [0.5, 0.6) is 0 Å². The van der Waals surface area contributed by atoms with Crippen LogP contribution in [0.1, 0.15) is 44.1 Å². The molecule has 3 heterocycles. The summed E-state index contributed by atoms with van der Waals surface area (Å²) in [7, 11) is -2.10. The van der Waals surface area contributed by atoms with Gasteiger partial charge in [-0.15, -0.1) is 0 Å². The highest BCUT2D eigenvalue weighted by molar-refractivity contribution is 7.40. The first-order valence-corrected chi connectivity index (χ1v) is 12.3. The van der Waals surface area contributed by atoms with Gasteiger partial charge in [-0.05, 0) is 30.5 Å². The zero-order valence-corrected chi connectivity index (χ0v) is 20.1. The van der Waals surface area contributed by atoms with Crippen molar-refractivity contribution in [1.82, 2.24) is 14.2 Å². The molecule has 10 nitrogen and oxygen atoms in total. The molecule has 0 amide bonds. The summed E-state index contributed by atoms with van der Waals surface area (Å²) in [6.45, 7) is 4.01. The monoisotopic (exact) mass is 488 g/mol. The van der Waals surface area contributed by atoms with Crippen molar-refractivity contribution in [3.05, 3.63) is 65.5 Å². The molecule has 1 saturated heterocycles. The third-order valence-electron chi connectivity index (χ3n) is 5.53. The molecule has 3 aromatic rings. The molecular formula is C23H29N4O6P. The quantitative estimate of drug-likeness (QED) is 0.331. The van der Waals surface area contributed by atoms with E-state index in [1.807, 2.05) is 42.5 Å². The van der Waals surface area contributed by atoms with Gasteiger partial charge in [0.2, 0.25) is 0 Å². The Kier molecular flexibility index (Phi) is 8.07. The molecule has 182 valence electrons. The average Bonchev–Trinajstić information content (AvgIpc) is 3.48. The van der Waals surface area contributed by atoms with E-state index < -0.39 is 8.60 Å². The third-order valence-corrected chi connectivity index (χ3v) is 6.22. The van der Waals surface area contributed by atoms with Crippen molar-refractivity contribution in [2.45, 2.75) is 52.2 Å². The molecular weight excluding hydrogens is 459 g/mol. The van der Waals surface area contributed by atoms with Gasteiger partial charge in [0.1, 0.15) is 31.3 Å². The number of fused-ring (bicyclic) bond motifs is 1. The van der Waals surface area contributed by atoms with E-state index >= 15 is 0 Å². The standard InChI is InChI=1S/C23H29N4O6P/c1-16(2)23(28)30-13-18-8-11-21(33-18)19-9-10-20-22(24)26(14-25-27(19)20)15-32-34(29)31-12-17-6-4-3-5-7-17/h3-7,9-10,14,16,18,21,24,29H,8,11-13,15H2,1-2H3. The van der Waals surface area contributed by atoms with E-state index in [1.165, 1.54) is 10.9 Å².